The summed E-state index contributed by atoms with van der Waals surface area (Å²) in [6.45, 7) is 4.42. The van der Waals surface area contributed by atoms with Gasteiger partial charge >= 0.3 is 0 Å². The Labute approximate surface area is 142 Å². The largest absolute Gasteiger partial charge is 0.396 e. The Balaban J connectivity index is 1.71. The van der Waals surface area contributed by atoms with Gasteiger partial charge in [-0.2, -0.15) is 0 Å². The molecule has 24 heavy (non-hydrogen) atoms. The SMILES string of the molecule is Cc1ccc(F)c(CNc2cccnc2N2CCC(CO)CC2)c1. The van der Waals surface area contributed by atoms with Crippen molar-refractivity contribution in [2.75, 3.05) is 29.9 Å². The minimum absolute atomic E-state index is 0.192. The van der Waals surface area contributed by atoms with Gasteiger partial charge in [-0.1, -0.05) is 17.7 Å². The molecule has 2 heterocycles. The molecule has 1 aliphatic heterocycles. The molecule has 4 nitrogen and oxygen atoms in total. The molecule has 2 aromatic rings. The van der Waals surface area contributed by atoms with Crippen molar-refractivity contribution in [3.63, 3.8) is 0 Å². The lowest BCUT2D eigenvalue weighted by Crippen LogP contribution is -2.35. The minimum atomic E-state index is -0.192. The van der Waals surface area contributed by atoms with Crippen LogP contribution in [0.1, 0.15) is 24.0 Å². The van der Waals surface area contributed by atoms with Crippen LogP contribution in [-0.2, 0) is 6.54 Å². The van der Waals surface area contributed by atoms with Crippen LogP contribution in [0.25, 0.3) is 0 Å². The first-order valence-corrected chi connectivity index (χ1v) is 8.47. The van der Waals surface area contributed by atoms with Crippen molar-refractivity contribution in [3.05, 3.63) is 53.5 Å². The number of nitrogens with zero attached hydrogens (tertiary/aromatic N) is 2. The maximum Gasteiger partial charge on any atom is 0.151 e. The molecule has 2 N–H and O–H groups in total. The van der Waals surface area contributed by atoms with E-state index in [1.807, 2.05) is 25.1 Å². The van der Waals surface area contributed by atoms with E-state index in [1.54, 1.807) is 12.3 Å². The van der Waals surface area contributed by atoms with Crippen LogP contribution in [0.4, 0.5) is 15.9 Å². The Morgan fingerprint density at radius 1 is 1.29 bits per heavy atom. The summed E-state index contributed by atoms with van der Waals surface area (Å²) < 4.78 is 13.9. The van der Waals surface area contributed by atoms with E-state index in [4.69, 9.17) is 0 Å². The van der Waals surface area contributed by atoms with Crippen molar-refractivity contribution >= 4 is 11.5 Å². The number of hydrogen-bond donors (Lipinski definition) is 2. The van der Waals surface area contributed by atoms with E-state index in [1.165, 1.54) is 6.07 Å². The smallest absolute Gasteiger partial charge is 0.151 e. The van der Waals surface area contributed by atoms with Crippen LogP contribution in [0.3, 0.4) is 0 Å². The number of aliphatic hydroxyl groups excluding tert-OH is 1. The zero-order valence-corrected chi connectivity index (χ0v) is 14.0. The third kappa shape index (κ3) is 3.85. The van der Waals surface area contributed by atoms with Crippen LogP contribution in [0.2, 0.25) is 0 Å². The molecule has 1 fully saturated rings. The first-order chi connectivity index (χ1) is 11.7. The molecule has 5 heteroatoms. The highest BCUT2D eigenvalue weighted by molar-refractivity contribution is 5.65. The van der Waals surface area contributed by atoms with E-state index in [-0.39, 0.29) is 12.4 Å². The van der Waals surface area contributed by atoms with E-state index in [9.17, 15) is 9.50 Å². The van der Waals surface area contributed by atoms with Gasteiger partial charge in [0.05, 0.1) is 5.69 Å². The summed E-state index contributed by atoms with van der Waals surface area (Å²) in [5, 5.41) is 12.6. The molecular weight excluding hydrogens is 305 g/mol. The molecule has 128 valence electrons. The maximum atomic E-state index is 13.9. The number of piperidine rings is 1. The molecule has 0 amide bonds. The Hall–Kier alpha value is -2.14. The predicted molar refractivity (Wildman–Crippen MR) is 94.7 cm³/mol. The third-order valence-corrected chi connectivity index (χ3v) is 4.63. The molecule has 1 aliphatic rings. The van der Waals surface area contributed by atoms with Gasteiger partial charge in [-0.25, -0.2) is 9.37 Å². The summed E-state index contributed by atoms with van der Waals surface area (Å²) in [5.41, 5.74) is 2.62. The van der Waals surface area contributed by atoms with Crippen LogP contribution in [0.15, 0.2) is 36.5 Å². The fourth-order valence-corrected chi connectivity index (χ4v) is 3.14. The predicted octanol–water partition coefficient (Wildman–Crippen LogP) is 3.35. The molecular formula is C19H24FN3O. The lowest BCUT2D eigenvalue weighted by Gasteiger charge is -2.33. The minimum Gasteiger partial charge on any atom is -0.396 e. The number of pyridine rings is 1. The van der Waals surface area contributed by atoms with Crippen molar-refractivity contribution in [2.45, 2.75) is 26.3 Å². The van der Waals surface area contributed by atoms with Crippen molar-refractivity contribution in [2.24, 2.45) is 5.92 Å². The standard InChI is InChI=1S/C19H24FN3O/c1-14-4-5-17(20)16(11-14)12-22-18-3-2-8-21-19(18)23-9-6-15(13-24)7-10-23/h2-5,8,11,15,22,24H,6-7,9-10,12-13H2,1H3. The second kappa shape index (κ2) is 7.62. The summed E-state index contributed by atoms with van der Waals surface area (Å²) in [7, 11) is 0. The Morgan fingerprint density at radius 2 is 2.08 bits per heavy atom. The quantitative estimate of drug-likeness (QED) is 0.883. The number of nitrogens with one attached hydrogen (secondary N) is 1. The number of benzene rings is 1. The number of rotatable bonds is 5. The van der Waals surface area contributed by atoms with Crippen molar-refractivity contribution in [3.8, 4) is 0 Å². The fourth-order valence-electron chi connectivity index (χ4n) is 3.14. The van der Waals surface area contributed by atoms with Gasteiger partial charge in [-0.3, -0.25) is 0 Å². The summed E-state index contributed by atoms with van der Waals surface area (Å²) in [6.07, 6.45) is 3.73. The normalized spacial score (nSPS) is 15.5. The molecule has 1 aromatic carbocycles. The number of aliphatic hydroxyl groups is 1. The highest BCUT2D eigenvalue weighted by Crippen LogP contribution is 2.28. The first-order valence-electron chi connectivity index (χ1n) is 8.47. The zero-order valence-electron chi connectivity index (χ0n) is 14.0. The van der Waals surface area contributed by atoms with Gasteiger partial charge in [0.25, 0.3) is 0 Å². The molecule has 1 aromatic heterocycles. The van der Waals surface area contributed by atoms with Crippen molar-refractivity contribution < 1.29 is 9.50 Å². The molecule has 1 saturated heterocycles. The summed E-state index contributed by atoms with van der Waals surface area (Å²) in [4.78, 5) is 6.75. The second-order valence-corrected chi connectivity index (χ2v) is 6.44. The number of anilines is 2. The van der Waals surface area contributed by atoms with Crippen LogP contribution < -0.4 is 10.2 Å². The monoisotopic (exact) mass is 329 g/mol. The third-order valence-electron chi connectivity index (χ3n) is 4.63. The maximum absolute atomic E-state index is 13.9. The summed E-state index contributed by atoms with van der Waals surface area (Å²) >= 11 is 0. The van der Waals surface area contributed by atoms with E-state index in [0.717, 1.165) is 43.0 Å². The van der Waals surface area contributed by atoms with Crippen LogP contribution in [0, 0.1) is 18.7 Å². The van der Waals surface area contributed by atoms with Gasteiger partial charge in [-0.15, -0.1) is 0 Å². The first kappa shape index (κ1) is 16.7. The Kier molecular flexibility index (Phi) is 5.30. The molecule has 0 spiro atoms. The van der Waals surface area contributed by atoms with Gasteiger partial charge in [0.1, 0.15) is 5.82 Å². The van der Waals surface area contributed by atoms with Gasteiger partial charge in [-0.05, 0) is 43.9 Å². The van der Waals surface area contributed by atoms with Crippen molar-refractivity contribution in [1.82, 2.24) is 4.98 Å². The number of hydrogen-bond acceptors (Lipinski definition) is 4. The highest BCUT2D eigenvalue weighted by Gasteiger charge is 2.21. The van der Waals surface area contributed by atoms with Gasteiger partial charge in [0.15, 0.2) is 5.82 Å². The van der Waals surface area contributed by atoms with Gasteiger partial charge in [0, 0.05) is 38.0 Å². The number of aryl methyl sites for hydroxylation is 1. The van der Waals surface area contributed by atoms with Gasteiger partial charge < -0.3 is 15.3 Å². The van der Waals surface area contributed by atoms with Crippen LogP contribution >= 0.6 is 0 Å². The lowest BCUT2D eigenvalue weighted by atomic mass is 9.98. The average Bonchev–Trinajstić information content (AvgIpc) is 2.63. The Morgan fingerprint density at radius 3 is 2.83 bits per heavy atom. The average molecular weight is 329 g/mol. The molecule has 0 atom stereocenters. The van der Waals surface area contributed by atoms with Crippen molar-refractivity contribution in [1.29, 1.82) is 0 Å². The Bertz CT molecular complexity index is 684. The summed E-state index contributed by atoms with van der Waals surface area (Å²) in [6, 6.07) is 9.02. The van der Waals surface area contributed by atoms with E-state index in [0.29, 0.717) is 18.0 Å². The van der Waals surface area contributed by atoms with Crippen LogP contribution in [0.5, 0.6) is 0 Å². The molecule has 3 rings (SSSR count). The van der Waals surface area contributed by atoms with Gasteiger partial charge in [0.2, 0.25) is 0 Å². The summed E-state index contributed by atoms with van der Waals surface area (Å²) in [5.74, 6) is 1.10. The highest BCUT2D eigenvalue weighted by atomic mass is 19.1. The zero-order chi connectivity index (χ0) is 16.9. The molecule has 0 radical (unpaired) electrons. The molecule has 0 saturated carbocycles. The molecule has 0 bridgehead atoms. The lowest BCUT2D eigenvalue weighted by molar-refractivity contribution is 0.203. The molecule has 0 unspecified atom stereocenters. The van der Waals surface area contributed by atoms with E-state index in [2.05, 4.69) is 15.2 Å². The molecule has 0 aliphatic carbocycles. The van der Waals surface area contributed by atoms with E-state index < -0.39 is 0 Å². The van der Waals surface area contributed by atoms with Crippen LogP contribution in [-0.4, -0.2) is 29.8 Å². The number of aromatic nitrogens is 1. The topological polar surface area (TPSA) is 48.4 Å². The number of halogens is 1. The fraction of sp³-hybridized carbons (Fsp3) is 0.421. The second-order valence-electron chi connectivity index (χ2n) is 6.44. The van der Waals surface area contributed by atoms with E-state index >= 15 is 0 Å².